The third-order valence-corrected chi connectivity index (χ3v) is 4.61. The van der Waals surface area contributed by atoms with Gasteiger partial charge in [-0.05, 0) is 30.6 Å². The zero-order valence-corrected chi connectivity index (χ0v) is 10.1. The minimum atomic E-state index is 0.0198. The number of hydrogen-bond acceptors (Lipinski definition) is 2. The van der Waals surface area contributed by atoms with Gasteiger partial charge in [-0.25, -0.2) is 0 Å². The molecule has 0 amide bonds. The average Bonchev–Trinajstić information content (AvgIpc) is 2.57. The second kappa shape index (κ2) is 3.50. The smallest absolute Gasteiger partial charge is 0.306 e. The van der Waals surface area contributed by atoms with Crippen molar-refractivity contribution in [3.05, 3.63) is 0 Å². The monoisotopic (exact) mass is 210 g/mol. The molecular formula is C13H22O2. The van der Waals surface area contributed by atoms with Crippen LogP contribution in [0.2, 0.25) is 0 Å². The van der Waals surface area contributed by atoms with Crippen molar-refractivity contribution in [3.8, 4) is 0 Å². The third kappa shape index (κ3) is 1.58. The Labute approximate surface area is 92.4 Å². The lowest BCUT2D eigenvalue weighted by Gasteiger charge is -2.39. The van der Waals surface area contributed by atoms with Crippen LogP contribution >= 0.6 is 0 Å². The third-order valence-electron chi connectivity index (χ3n) is 4.61. The van der Waals surface area contributed by atoms with Crippen LogP contribution in [0.3, 0.4) is 0 Å². The van der Waals surface area contributed by atoms with Gasteiger partial charge in [-0.3, -0.25) is 4.79 Å². The van der Waals surface area contributed by atoms with Gasteiger partial charge in [0.15, 0.2) is 0 Å². The molecule has 1 saturated heterocycles. The summed E-state index contributed by atoms with van der Waals surface area (Å²) in [5, 5.41) is 0. The van der Waals surface area contributed by atoms with Crippen LogP contribution < -0.4 is 0 Å². The SMILES string of the molecule is CCCC1(C)CC(C)CC12COC(=O)C2. The van der Waals surface area contributed by atoms with Crippen molar-refractivity contribution in [1.82, 2.24) is 0 Å². The fraction of sp³-hybridized carbons (Fsp3) is 0.923. The van der Waals surface area contributed by atoms with E-state index in [4.69, 9.17) is 4.74 Å². The van der Waals surface area contributed by atoms with E-state index >= 15 is 0 Å². The van der Waals surface area contributed by atoms with Crippen molar-refractivity contribution in [3.63, 3.8) is 0 Å². The summed E-state index contributed by atoms with van der Waals surface area (Å²) in [6.07, 6.45) is 5.54. The Morgan fingerprint density at radius 2 is 2.20 bits per heavy atom. The molecule has 15 heavy (non-hydrogen) atoms. The van der Waals surface area contributed by atoms with Gasteiger partial charge in [0.25, 0.3) is 0 Å². The quantitative estimate of drug-likeness (QED) is 0.654. The van der Waals surface area contributed by atoms with Gasteiger partial charge in [0.05, 0.1) is 13.0 Å². The number of esters is 1. The van der Waals surface area contributed by atoms with Crippen LogP contribution in [-0.2, 0) is 9.53 Å². The van der Waals surface area contributed by atoms with Gasteiger partial charge in [-0.15, -0.1) is 0 Å². The first-order chi connectivity index (χ1) is 7.01. The van der Waals surface area contributed by atoms with Crippen LogP contribution in [0.5, 0.6) is 0 Å². The van der Waals surface area contributed by atoms with E-state index in [9.17, 15) is 4.79 Å². The molecule has 2 heteroatoms. The predicted octanol–water partition coefficient (Wildman–Crippen LogP) is 3.16. The minimum absolute atomic E-state index is 0.0198. The summed E-state index contributed by atoms with van der Waals surface area (Å²) < 4.78 is 5.24. The fourth-order valence-electron chi connectivity index (χ4n) is 4.01. The van der Waals surface area contributed by atoms with Gasteiger partial charge >= 0.3 is 5.97 Å². The predicted molar refractivity (Wildman–Crippen MR) is 59.4 cm³/mol. The first-order valence-electron chi connectivity index (χ1n) is 6.17. The fourth-order valence-corrected chi connectivity index (χ4v) is 4.01. The molecule has 3 unspecified atom stereocenters. The van der Waals surface area contributed by atoms with E-state index in [-0.39, 0.29) is 11.4 Å². The highest BCUT2D eigenvalue weighted by atomic mass is 16.5. The summed E-state index contributed by atoms with van der Waals surface area (Å²) in [6.45, 7) is 7.58. The highest BCUT2D eigenvalue weighted by molar-refractivity contribution is 5.72. The van der Waals surface area contributed by atoms with Crippen molar-refractivity contribution in [1.29, 1.82) is 0 Å². The van der Waals surface area contributed by atoms with Crippen molar-refractivity contribution in [2.75, 3.05) is 6.61 Å². The molecule has 1 heterocycles. The van der Waals surface area contributed by atoms with E-state index in [0.29, 0.717) is 18.4 Å². The maximum absolute atomic E-state index is 11.4. The number of carbonyl (C=O) groups excluding carboxylic acids is 1. The summed E-state index contributed by atoms with van der Waals surface area (Å²) in [4.78, 5) is 11.4. The lowest BCUT2D eigenvalue weighted by atomic mass is 9.64. The highest BCUT2D eigenvalue weighted by Gasteiger charge is 2.57. The second-order valence-electron chi connectivity index (χ2n) is 5.94. The molecule has 0 bridgehead atoms. The molecule has 3 atom stereocenters. The molecule has 0 aromatic heterocycles. The van der Waals surface area contributed by atoms with Gasteiger partial charge in [-0.2, -0.15) is 0 Å². The van der Waals surface area contributed by atoms with Gasteiger partial charge in [0.2, 0.25) is 0 Å². The maximum atomic E-state index is 11.4. The van der Waals surface area contributed by atoms with E-state index < -0.39 is 0 Å². The molecule has 0 N–H and O–H groups in total. The van der Waals surface area contributed by atoms with Crippen LogP contribution in [0.1, 0.15) is 52.9 Å². The molecule has 1 spiro atoms. The van der Waals surface area contributed by atoms with E-state index in [0.717, 1.165) is 5.92 Å². The molecule has 2 aliphatic rings. The van der Waals surface area contributed by atoms with E-state index in [1.807, 2.05) is 0 Å². The van der Waals surface area contributed by atoms with Crippen molar-refractivity contribution in [2.24, 2.45) is 16.7 Å². The van der Waals surface area contributed by atoms with Crippen molar-refractivity contribution >= 4 is 5.97 Å². The summed E-state index contributed by atoms with van der Waals surface area (Å²) in [7, 11) is 0. The summed E-state index contributed by atoms with van der Waals surface area (Å²) >= 11 is 0. The molecule has 0 radical (unpaired) electrons. The standard InChI is InChI=1S/C13H22O2/c1-4-5-12(3)6-10(2)7-13(12)8-11(14)15-9-13/h10H,4-9H2,1-3H3. The Hall–Kier alpha value is -0.530. The molecule has 86 valence electrons. The van der Waals surface area contributed by atoms with Crippen molar-refractivity contribution in [2.45, 2.75) is 52.9 Å². The van der Waals surface area contributed by atoms with Gasteiger partial charge in [-0.1, -0.05) is 27.2 Å². The van der Waals surface area contributed by atoms with Crippen LogP contribution in [0.15, 0.2) is 0 Å². The summed E-state index contributed by atoms with van der Waals surface area (Å²) in [6, 6.07) is 0. The van der Waals surface area contributed by atoms with E-state index in [2.05, 4.69) is 20.8 Å². The summed E-state index contributed by atoms with van der Waals surface area (Å²) in [5.74, 6) is 0.766. The Balaban J connectivity index is 2.25. The average molecular weight is 210 g/mol. The van der Waals surface area contributed by atoms with Crippen LogP contribution in [0.25, 0.3) is 0 Å². The Bertz CT molecular complexity index is 274. The molecule has 2 nitrogen and oxygen atoms in total. The highest BCUT2D eigenvalue weighted by Crippen LogP contribution is 2.61. The molecule has 1 saturated carbocycles. The first-order valence-corrected chi connectivity index (χ1v) is 6.17. The number of carbonyl (C=O) groups is 1. The lowest BCUT2D eigenvalue weighted by molar-refractivity contribution is -0.137. The number of cyclic esters (lactones) is 1. The number of rotatable bonds is 2. The van der Waals surface area contributed by atoms with Gasteiger partial charge in [0, 0.05) is 5.41 Å². The van der Waals surface area contributed by atoms with Crippen LogP contribution in [0, 0.1) is 16.7 Å². The van der Waals surface area contributed by atoms with Gasteiger partial charge in [0.1, 0.15) is 0 Å². The summed E-state index contributed by atoms with van der Waals surface area (Å²) in [5.41, 5.74) is 0.493. The molecule has 2 fully saturated rings. The second-order valence-corrected chi connectivity index (χ2v) is 5.94. The Morgan fingerprint density at radius 3 is 2.73 bits per heavy atom. The topological polar surface area (TPSA) is 26.3 Å². The van der Waals surface area contributed by atoms with Crippen molar-refractivity contribution < 1.29 is 9.53 Å². The lowest BCUT2D eigenvalue weighted by Crippen LogP contribution is -2.35. The molecule has 1 aliphatic carbocycles. The Kier molecular flexibility index (Phi) is 2.56. The normalized spacial score (nSPS) is 45.0. The van der Waals surface area contributed by atoms with E-state index in [1.165, 1.54) is 25.7 Å². The maximum Gasteiger partial charge on any atom is 0.306 e. The molecular weight excluding hydrogens is 188 g/mol. The largest absolute Gasteiger partial charge is 0.465 e. The number of ether oxygens (including phenoxy) is 1. The zero-order valence-electron chi connectivity index (χ0n) is 10.1. The molecule has 0 aromatic rings. The zero-order chi connectivity index (χ0) is 11.1. The van der Waals surface area contributed by atoms with Gasteiger partial charge < -0.3 is 4.74 Å². The minimum Gasteiger partial charge on any atom is -0.465 e. The molecule has 0 aromatic carbocycles. The molecule has 2 rings (SSSR count). The van der Waals surface area contributed by atoms with Crippen LogP contribution in [-0.4, -0.2) is 12.6 Å². The van der Waals surface area contributed by atoms with Crippen LogP contribution in [0.4, 0.5) is 0 Å². The first kappa shape index (κ1) is 11.0. The van der Waals surface area contributed by atoms with E-state index in [1.54, 1.807) is 0 Å². The Morgan fingerprint density at radius 1 is 1.47 bits per heavy atom. The number of hydrogen-bond donors (Lipinski definition) is 0. The molecule has 1 aliphatic heterocycles.